The molecular weight excluding hydrogens is 335 g/mol. The lowest BCUT2D eigenvalue weighted by Crippen LogP contribution is -2.21. The summed E-state index contributed by atoms with van der Waals surface area (Å²) in [5, 5.41) is 0.675. The summed E-state index contributed by atoms with van der Waals surface area (Å²) in [5.41, 5.74) is 7.50. The second kappa shape index (κ2) is 8.13. The van der Waals surface area contributed by atoms with Crippen LogP contribution in [0.3, 0.4) is 0 Å². The van der Waals surface area contributed by atoms with Crippen LogP contribution in [-0.4, -0.2) is 19.1 Å². The molecule has 1 nitrogen and oxygen atoms in total. The number of ether oxygens (including phenoxy) is 1. The van der Waals surface area contributed by atoms with Crippen LogP contribution in [0.15, 0.2) is 35.2 Å². The highest BCUT2D eigenvalue weighted by Crippen LogP contribution is 2.40. The molecule has 26 heavy (non-hydrogen) atoms. The second-order valence-corrected chi connectivity index (χ2v) is 8.85. The van der Waals surface area contributed by atoms with E-state index in [1.807, 2.05) is 0 Å². The van der Waals surface area contributed by atoms with Gasteiger partial charge in [0.1, 0.15) is 5.75 Å². The first-order valence-electron chi connectivity index (χ1n) is 10.1. The van der Waals surface area contributed by atoms with Crippen molar-refractivity contribution in [1.82, 2.24) is 0 Å². The third-order valence-electron chi connectivity index (χ3n) is 5.69. The smallest absolute Gasteiger partial charge is 0.153 e. The molecule has 4 rings (SSSR count). The Kier molecular flexibility index (Phi) is 5.64. The average Bonchev–Trinajstić information content (AvgIpc) is 3.29. The van der Waals surface area contributed by atoms with Crippen molar-refractivity contribution in [1.29, 1.82) is 0 Å². The number of fused-ring (bicyclic) bond motifs is 2. The summed E-state index contributed by atoms with van der Waals surface area (Å²) in [6, 6.07) is 11.3. The van der Waals surface area contributed by atoms with Gasteiger partial charge < -0.3 is 4.74 Å². The van der Waals surface area contributed by atoms with Crippen molar-refractivity contribution in [2.24, 2.45) is 0 Å². The molecule has 2 aromatic rings. The molecule has 1 atom stereocenters. The Morgan fingerprint density at radius 2 is 2.04 bits per heavy atom. The molecule has 0 N–H and O–H groups in total. The van der Waals surface area contributed by atoms with Crippen LogP contribution in [0.5, 0.6) is 5.75 Å². The van der Waals surface area contributed by atoms with E-state index in [1.54, 1.807) is 11.1 Å². The Morgan fingerprint density at radius 1 is 1.19 bits per heavy atom. The van der Waals surface area contributed by atoms with E-state index in [1.165, 1.54) is 65.8 Å². The summed E-state index contributed by atoms with van der Waals surface area (Å²) in [6.07, 6.45) is 8.39. The van der Waals surface area contributed by atoms with Gasteiger partial charge in [0.15, 0.2) is 7.28 Å². The van der Waals surface area contributed by atoms with E-state index < -0.39 is 0 Å². The topological polar surface area (TPSA) is 9.23 Å². The third-order valence-corrected chi connectivity index (χ3v) is 7.01. The molecule has 1 aliphatic carbocycles. The number of unbranched alkanes of at least 4 members (excludes halogenated alkanes) is 1. The standard InChI is InChI=1S/C23H28BOS/c1-3-4-12-25-23-20-10-7-9-19(20)17(15-21(23)24-2)14-18-13-16-8-5-6-11-22(16)26-18/h5-6,8,11,15,18H,3-4,7,9-10,12-14H2,1-2H3. The SMILES string of the molecule is C[B]c1cc(CC2Cc3ccccc3S2)c2c(c1OCCCC)CCC2. The lowest BCUT2D eigenvalue weighted by Gasteiger charge is -2.20. The van der Waals surface area contributed by atoms with Gasteiger partial charge in [-0.3, -0.25) is 0 Å². The fourth-order valence-corrected chi connectivity index (χ4v) is 5.71. The largest absolute Gasteiger partial charge is 0.494 e. The number of benzene rings is 2. The molecule has 0 bridgehead atoms. The Hall–Kier alpha value is -1.35. The molecule has 0 aromatic heterocycles. The molecule has 0 saturated heterocycles. The lowest BCUT2D eigenvalue weighted by molar-refractivity contribution is 0.309. The van der Waals surface area contributed by atoms with Crippen LogP contribution >= 0.6 is 11.8 Å². The molecule has 1 radical (unpaired) electrons. The van der Waals surface area contributed by atoms with Crippen LogP contribution in [0.1, 0.15) is 48.4 Å². The molecule has 2 aliphatic rings. The Bertz CT molecular complexity index is 761. The van der Waals surface area contributed by atoms with Crippen molar-refractivity contribution in [3.05, 3.63) is 52.6 Å². The highest BCUT2D eigenvalue weighted by Gasteiger charge is 2.27. The van der Waals surface area contributed by atoms with Gasteiger partial charge in [0, 0.05) is 10.1 Å². The zero-order valence-corrected chi connectivity index (χ0v) is 16.8. The lowest BCUT2D eigenvalue weighted by atomic mass is 9.70. The quantitative estimate of drug-likeness (QED) is 0.506. The Morgan fingerprint density at radius 3 is 2.85 bits per heavy atom. The van der Waals surface area contributed by atoms with Crippen molar-refractivity contribution in [2.45, 2.75) is 68.8 Å². The first-order valence-corrected chi connectivity index (χ1v) is 11.0. The van der Waals surface area contributed by atoms with Crippen LogP contribution in [0, 0.1) is 0 Å². The van der Waals surface area contributed by atoms with Gasteiger partial charge in [-0.1, -0.05) is 44.4 Å². The highest BCUT2D eigenvalue weighted by molar-refractivity contribution is 8.00. The van der Waals surface area contributed by atoms with Gasteiger partial charge in [-0.15, -0.1) is 11.8 Å². The summed E-state index contributed by atoms with van der Waals surface area (Å²) in [6.45, 7) is 5.21. The van der Waals surface area contributed by atoms with Crippen LogP contribution in [0.2, 0.25) is 6.82 Å². The predicted octanol–water partition coefficient (Wildman–Crippen LogP) is 4.99. The Labute approximate surface area is 163 Å². The molecule has 1 unspecified atom stereocenters. The maximum absolute atomic E-state index is 6.25. The maximum Gasteiger partial charge on any atom is 0.153 e. The Balaban J connectivity index is 1.58. The third kappa shape index (κ3) is 3.56. The van der Waals surface area contributed by atoms with Crippen LogP contribution in [-0.2, 0) is 25.7 Å². The molecule has 0 saturated carbocycles. The van der Waals surface area contributed by atoms with E-state index >= 15 is 0 Å². The molecule has 2 aromatic carbocycles. The van der Waals surface area contributed by atoms with Gasteiger partial charge in [0.25, 0.3) is 0 Å². The van der Waals surface area contributed by atoms with Gasteiger partial charge in [0.2, 0.25) is 0 Å². The molecule has 1 heterocycles. The molecule has 0 amide bonds. The van der Waals surface area contributed by atoms with Crippen LogP contribution < -0.4 is 10.2 Å². The van der Waals surface area contributed by atoms with Crippen LogP contribution in [0.25, 0.3) is 0 Å². The first kappa shape index (κ1) is 18.0. The van der Waals surface area contributed by atoms with E-state index in [0.29, 0.717) is 5.25 Å². The molecule has 1 aliphatic heterocycles. The van der Waals surface area contributed by atoms with Crippen molar-refractivity contribution in [3.63, 3.8) is 0 Å². The van der Waals surface area contributed by atoms with E-state index in [4.69, 9.17) is 4.74 Å². The predicted molar refractivity (Wildman–Crippen MR) is 114 cm³/mol. The minimum absolute atomic E-state index is 0.675. The van der Waals surface area contributed by atoms with Gasteiger partial charge >= 0.3 is 0 Å². The van der Waals surface area contributed by atoms with E-state index in [2.05, 4.69) is 63.1 Å². The van der Waals surface area contributed by atoms with Crippen LogP contribution in [0.4, 0.5) is 0 Å². The number of rotatable bonds is 7. The fraction of sp³-hybridized carbons (Fsp3) is 0.478. The maximum atomic E-state index is 6.25. The number of hydrogen-bond donors (Lipinski definition) is 0. The van der Waals surface area contributed by atoms with Gasteiger partial charge in [-0.25, -0.2) is 0 Å². The van der Waals surface area contributed by atoms with E-state index in [-0.39, 0.29) is 0 Å². The average molecular weight is 363 g/mol. The van der Waals surface area contributed by atoms with E-state index in [0.717, 1.165) is 13.0 Å². The van der Waals surface area contributed by atoms with Crippen molar-refractivity contribution >= 4 is 24.5 Å². The minimum atomic E-state index is 0.675. The van der Waals surface area contributed by atoms with Gasteiger partial charge in [-0.05, 0) is 72.3 Å². The molecule has 3 heteroatoms. The summed E-state index contributed by atoms with van der Waals surface area (Å²) in [5.74, 6) is 1.18. The van der Waals surface area contributed by atoms with Crippen molar-refractivity contribution < 1.29 is 4.74 Å². The monoisotopic (exact) mass is 363 g/mol. The molecule has 0 spiro atoms. The molecular formula is C23H28BOS. The number of hydrogen-bond acceptors (Lipinski definition) is 2. The summed E-state index contributed by atoms with van der Waals surface area (Å²) in [4.78, 5) is 1.48. The van der Waals surface area contributed by atoms with E-state index in [9.17, 15) is 0 Å². The van der Waals surface area contributed by atoms with Gasteiger partial charge in [-0.2, -0.15) is 0 Å². The summed E-state index contributed by atoms with van der Waals surface area (Å²) < 4.78 is 6.25. The minimum Gasteiger partial charge on any atom is -0.494 e. The fourth-order valence-electron chi connectivity index (χ4n) is 4.36. The normalized spacial score (nSPS) is 17.8. The zero-order chi connectivity index (χ0) is 17.9. The van der Waals surface area contributed by atoms with Crippen molar-refractivity contribution in [3.8, 4) is 5.75 Å². The first-order chi connectivity index (χ1) is 12.8. The highest BCUT2D eigenvalue weighted by atomic mass is 32.2. The summed E-state index contributed by atoms with van der Waals surface area (Å²) in [7, 11) is 2.24. The second-order valence-electron chi connectivity index (χ2n) is 7.51. The molecule has 135 valence electrons. The zero-order valence-electron chi connectivity index (χ0n) is 16.0. The van der Waals surface area contributed by atoms with Gasteiger partial charge in [0.05, 0.1) is 6.61 Å². The summed E-state index contributed by atoms with van der Waals surface area (Å²) >= 11 is 2.07. The molecule has 0 fully saturated rings. The number of thioether (sulfide) groups is 1. The van der Waals surface area contributed by atoms with Crippen molar-refractivity contribution in [2.75, 3.05) is 6.61 Å².